The standard InChI is InChI=1S/C11H18BrN3/c1-2-15-8-10(12)14-11(15)7-13-9-5-3-4-6-9/h8-9,13H,2-7H2,1H3. The molecule has 0 saturated heterocycles. The number of nitrogens with zero attached hydrogens (tertiary/aromatic N) is 2. The minimum Gasteiger partial charge on any atom is -0.333 e. The fourth-order valence-electron chi connectivity index (χ4n) is 2.20. The number of rotatable bonds is 4. The SMILES string of the molecule is CCn1cc(Br)nc1CNC1CCCC1. The molecule has 1 aromatic heterocycles. The molecule has 1 aliphatic rings. The maximum absolute atomic E-state index is 4.46. The first-order chi connectivity index (χ1) is 7.29. The molecule has 0 unspecified atom stereocenters. The molecule has 0 atom stereocenters. The number of aromatic nitrogens is 2. The number of halogens is 1. The zero-order chi connectivity index (χ0) is 10.7. The highest BCUT2D eigenvalue weighted by molar-refractivity contribution is 9.10. The lowest BCUT2D eigenvalue weighted by atomic mass is 10.2. The number of hydrogen-bond donors (Lipinski definition) is 1. The van der Waals surface area contributed by atoms with Crippen LogP contribution in [-0.2, 0) is 13.1 Å². The van der Waals surface area contributed by atoms with Crippen LogP contribution in [-0.4, -0.2) is 15.6 Å². The minimum atomic E-state index is 0.714. The van der Waals surface area contributed by atoms with E-state index in [1.807, 2.05) is 6.20 Å². The second kappa shape index (κ2) is 5.12. The molecule has 1 aromatic rings. The summed E-state index contributed by atoms with van der Waals surface area (Å²) in [5.74, 6) is 1.14. The first kappa shape index (κ1) is 11.1. The molecule has 0 aromatic carbocycles. The predicted molar refractivity (Wildman–Crippen MR) is 64.7 cm³/mol. The molecule has 3 nitrogen and oxygen atoms in total. The molecule has 15 heavy (non-hydrogen) atoms. The summed E-state index contributed by atoms with van der Waals surface area (Å²) in [5.41, 5.74) is 0. The molecular formula is C11H18BrN3. The van der Waals surface area contributed by atoms with Gasteiger partial charge >= 0.3 is 0 Å². The fourth-order valence-corrected chi connectivity index (χ4v) is 2.65. The maximum atomic E-state index is 4.46. The second-order valence-electron chi connectivity index (χ2n) is 4.13. The van der Waals surface area contributed by atoms with Crippen LogP contribution in [0.3, 0.4) is 0 Å². The average Bonchev–Trinajstić information content (AvgIpc) is 2.83. The molecule has 1 N–H and O–H groups in total. The normalized spacial score (nSPS) is 17.5. The molecule has 0 amide bonds. The van der Waals surface area contributed by atoms with Crippen molar-refractivity contribution in [2.24, 2.45) is 0 Å². The van der Waals surface area contributed by atoms with Gasteiger partial charge in [0.05, 0.1) is 6.54 Å². The Kier molecular flexibility index (Phi) is 3.81. The molecule has 0 aliphatic heterocycles. The summed E-state index contributed by atoms with van der Waals surface area (Å²) >= 11 is 3.42. The van der Waals surface area contributed by atoms with E-state index in [1.165, 1.54) is 25.7 Å². The third-order valence-electron chi connectivity index (χ3n) is 3.07. The highest BCUT2D eigenvalue weighted by Crippen LogP contribution is 2.18. The van der Waals surface area contributed by atoms with Gasteiger partial charge in [0.1, 0.15) is 10.4 Å². The van der Waals surface area contributed by atoms with Crippen molar-refractivity contribution in [3.05, 3.63) is 16.6 Å². The van der Waals surface area contributed by atoms with E-state index < -0.39 is 0 Å². The van der Waals surface area contributed by atoms with Gasteiger partial charge in [-0.3, -0.25) is 0 Å². The Bertz CT molecular complexity index is 316. The summed E-state index contributed by atoms with van der Waals surface area (Å²) in [5, 5.41) is 3.58. The number of hydrogen-bond acceptors (Lipinski definition) is 2. The fraction of sp³-hybridized carbons (Fsp3) is 0.727. The van der Waals surface area contributed by atoms with Crippen LogP contribution in [0.25, 0.3) is 0 Å². The third-order valence-corrected chi connectivity index (χ3v) is 3.46. The average molecular weight is 272 g/mol. The van der Waals surface area contributed by atoms with Gasteiger partial charge in [0.2, 0.25) is 0 Å². The Labute approximate surface area is 99.4 Å². The lowest BCUT2D eigenvalue weighted by Crippen LogP contribution is -2.26. The lowest BCUT2D eigenvalue weighted by molar-refractivity contribution is 0.502. The molecule has 1 saturated carbocycles. The highest BCUT2D eigenvalue weighted by atomic mass is 79.9. The Morgan fingerprint density at radius 3 is 2.93 bits per heavy atom. The van der Waals surface area contributed by atoms with Gasteiger partial charge in [0.15, 0.2) is 0 Å². The molecule has 84 valence electrons. The van der Waals surface area contributed by atoms with Crippen LogP contribution in [0.15, 0.2) is 10.8 Å². The van der Waals surface area contributed by atoms with Crippen molar-refractivity contribution >= 4 is 15.9 Å². The van der Waals surface area contributed by atoms with Crippen LogP contribution in [0.5, 0.6) is 0 Å². The zero-order valence-electron chi connectivity index (χ0n) is 9.17. The molecule has 0 radical (unpaired) electrons. The summed E-state index contributed by atoms with van der Waals surface area (Å²) < 4.78 is 3.12. The van der Waals surface area contributed by atoms with Gasteiger partial charge in [0, 0.05) is 18.8 Å². The quantitative estimate of drug-likeness (QED) is 0.913. The zero-order valence-corrected chi connectivity index (χ0v) is 10.8. The van der Waals surface area contributed by atoms with Crippen molar-refractivity contribution in [1.29, 1.82) is 0 Å². The Balaban J connectivity index is 1.91. The van der Waals surface area contributed by atoms with Crippen LogP contribution in [0, 0.1) is 0 Å². The van der Waals surface area contributed by atoms with Gasteiger partial charge in [-0.1, -0.05) is 12.8 Å². The van der Waals surface area contributed by atoms with Crippen molar-refractivity contribution in [3.8, 4) is 0 Å². The van der Waals surface area contributed by atoms with E-state index in [0.29, 0.717) is 6.04 Å². The smallest absolute Gasteiger partial charge is 0.124 e. The second-order valence-corrected chi connectivity index (χ2v) is 4.94. The molecule has 4 heteroatoms. The van der Waals surface area contributed by atoms with Crippen molar-refractivity contribution in [3.63, 3.8) is 0 Å². The van der Waals surface area contributed by atoms with Gasteiger partial charge in [-0.2, -0.15) is 0 Å². The summed E-state index contributed by atoms with van der Waals surface area (Å²) in [6.07, 6.45) is 7.46. The monoisotopic (exact) mass is 271 g/mol. The largest absolute Gasteiger partial charge is 0.333 e. The van der Waals surface area contributed by atoms with Crippen molar-refractivity contribution in [2.75, 3.05) is 0 Å². The topological polar surface area (TPSA) is 29.9 Å². The van der Waals surface area contributed by atoms with E-state index in [9.17, 15) is 0 Å². The summed E-state index contributed by atoms with van der Waals surface area (Å²) in [6.45, 7) is 4.03. The molecule has 2 rings (SSSR count). The van der Waals surface area contributed by atoms with Gasteiger partial charge < -0.3 is 9.88 Å². The van der Waals surface area contributed by atoms with E-state index in [1.54, 1.807) is 0 Å². The highest BCUT2D eigenvalue weighted by Gasteiger charge is 2.15. The molecule has 0 spiro atoms. The van der Waals surface area contributed by atoms with Crippen LogP contribution in [0.1, 0.15) is 38.4 Å². The summed E-state index contributed by atoms with van der Waals surface area (Å²) in [7, 11) is 0. The van der Waals surface area contributed by atoms with E-state index >= 15 is 0 Å². The first-order valence-electron chi connectivity index (χ1n) is 5.74. The van der Waals surface area contributed by atoms with Gasteiger partial charge in [-0.15, -0.1) is 0 Å². The van der Waals surface area contributed by atoms with E-state index in [0.717, 1.165) is 23.5 Å². The minimum absolute atomic E-state index is 0.714. The molecule has 1 heterocycles. The van der Waals surface area contributed by atoms with Crippen LogP contribution in [0.2, 0.25) is 0 Å². The van der Waals surface area contributed by atoms with E-state index in [-0.39, 0.29) is 0 Å². The van der Waals surface area contributed by atoms with Gasteiger partial charge in [-0.25, -0.2) is 4.98 Å². The third kappa shape index (κ3) is 2.82. The van der Waals surface area contributed by atoms with Crippen LogP contribution < -0.4 is 5.32 Å². The Morgan fingerprint density at radius 2 is 2.27 bits per heavy atom. The van der Waals surface area contributed by atoms with Crippen LogP contribution in [0.4, 0.5) is 0 Å². The first-order valence-corrected chi connectivity index (χ1v) is 6.54. The lowest BCUT2D eigenvalue weighted by Gasteiger charge is -2.11. The molecular weight excluding hydrogens is 254 g/mol. The summed E-state index contributed by atoms with van der Waals surface area (Å²) in [6, 6.07) is 0.714. The van der Waals surface area contributed by atoms with Gasteiger partial charge in [-0.05, 0) is 35.7 Å². The number of aryl methyl sites for hydroxylation is 1. The van der Waals surface area contributed by atoms with Crippen molar-refractivity contribution in [1.82, 2.24) is 14.9 Å². The molecule has 1 fully saturated rings. The van der Waals surface area contributed by atoms with Crippen molar-refractivity contribution in [2.45, 2.75) is 51.7 Å². The summed E-state index contributed by atoms with van der Waals surface area (Å²) in [4.78, 5) is 4.46. The number of imidazole rings is 1. The van der Waals surface area contributed by atoms with E-state index in [2.05, 4.69) is 37.7 Å². The Hall–Kier alpha value is -0.350. The molecule has 1 aliphatic carbocycles. The van der Waals surface area contributed by atoms with E-state index in [4.69, 9.17) is 0 Å². The number of nitrogens with one attached hydrogen (secondary N) is 1. The maximum Gasteiger partial charge on any atom is 0.124 e. The van der Waals surface area contributed by atoms with Crippen LogP contribution >= 0.6 is 15.9 Å². The molecule has 0 bridgehead atoms. The Morgan fingerprint density at radius 1 is 1.53 bits per heavy atom. The van der Waals surface area contributed by atoms with Crippen molar-refractivity contribution < 1.29 is 0 Å². The van der Waals surface area contributed by atoms with Gasteiger partial charge in [0.25, 0.3) is 0 Å². The predicted octanol–water partition coefficient (Wildman–Crippen LogP) is 2.70.